The molecular formula is C11H11F3N4S. The molecule has 0 fully saturated rings. The van der Waals surface area contributed by atoms with Crippen molar-refractivity contribution in [2.24, 2.45) is 0 Å². The van der Waals surface area contributed by atoms with Crippen molar-refractivity contribution in [3.8, 4) is 0 Å². The topological polar surface area (TPSA) is 50.7 Å². The van der Waals surface area contributed by atoms with Gasteiger partial charge in [0.1, 0.15) is 5.69 Å². The Kier molecular flexibility index (Phi) is 3.70. The molecule has 19 heavy (non-hydrogen) atoms. The van der Waals surface area contributed by atoms with Crippen LogP contribution in [0.4, 0.5) is 24.3 Å². The van der Waals surface area contributed by atoms with Crippen LogP contribution in [0.2, 0.25) is 0 Å². The maximum atomic E-state index is 12.5. The summed E-state index contributed by atoms with van der Waals surface area (Å²) in [6, 6.07) is 0.826. The quantitative estimate of drug-likeness (QED) is 0.932. The zero-order valence-corrected chi connectivity index (χ0v) is 11.0. The number of nitrogens with one attached hydrogen (secondary N) is 1. The van der Waals surface area contributed by atoms with Gasteiger partial charge in [-0.05, 0) is 12.0 Å². The summed E-state index contributed by atoms with van der Waals surface area (Å²) in [7, 11) is 0. The second kappa shape index (κ2) is 5.12. The molecule has 0 spiro atoms. The standard InChI is InChI=1S/C11H11F3N4S/c1-6(2)7-5-19-10(16-7)18-9-15-4-3-8(17-9)11(12,13)14/h3-6H,1-2H3,(H,15,16,17,18). The molecule has 0 unspecified atom stereocenters. The van der Waals surface area contributed by atoms with Gasteiger partial charge in [0.2, 0.25) is 5.95 Å². The Morgan fingerprint density at radius 1 is 1.26 bits per heavy atom. The second-order valence-electron chi connectivity index (χ2n) is 4.12. The average molecular weight is 288 g/mol. The van der Waals surface area contributed by atoms with Crippen LogP contribution in [0.25, 0.3) is 0 Å². The van der Waals surface area contributed by atoms with Gasteiger partial charge in [0.15, 0.2) is 5.13 Å². The minimum atomic E-state index is -4.48. The largest absolute Gasteiger partial charge is 0.433 e. The molecule has 0 aromatic carbocycles. The van der Waals surface area contributed by atoms with Crippen LogP contribution in [0, 0.1) is 0 Å². The van der Waals surface area contributed by atoms with Crippen LogP contribution in [0.1, 0.15) is 31.2 Å². The average Bonchev–Trinajstić information content (AvgIpc) is 2.77. The van der Waals surface area contributed by atoms with Crippen LogP contribution in [-0.4, -0.2) is 15.0 Å². The van der Waals surface area contributed by atoms with Gasteiger partial charge in [-0.25, -0.2) is 15.0 Å². The molecule has 0 aliphatic carbocycles. The lowest BCUT2D eigenvalue weighted by atomic mass is 10.2. The third-order valence-electron chi connectivity index (χ3n) is 2.28. The zero-order valence-electron chi connectivity index (χ0n) is 10.2. The molecule has 0 saturated carbocycles. The van der Waals surface area contributed by atoms with Crippen molar-refractivity contribution in [2.75, 3.05) is 5.32 Å². The van der Waals surface area contributed by atoms with E-state index >= 15 is 0 Å². The number of aromatic nitrogens is 3. The first-order chi connectivity index (χ1) is 8.86. The van der Waals surface area contributed by atoms with Gasteiger partial charge >= 0.3 is 6.18 Å². The molecule has 0 aliphatic rings. The van der Waals surface area contributed by atoms with Gasteiger partial charge in [-0.15, -0.1) is 11.3 Å². The van der Waals surface area contributed by atoms with Crippen LogP contribution in [0.15, 0.2) is 17.6 Å². The molecule has 0 aliphatic heterocycles. The number of hydrogen-bond donors (Lipinski definition) is 1. The van der Waals surface area contributed by atoms with E-state index in [0.717, 1.165) is 18.0 Å². The number of alkyl halides is 3. The summed E-state index contributed by atoms with van der Waals surface area (Å²) >= 11 is 1.30. The van der Waals surface area contributed by atoms with Crippen molar-refractivity contribution >= 4 is 22.4 Å². The number of nitrogens with zero attached hydrogens (tertiary/aromatic N) is 3. The third kappa shape index (κ3) is 3.40. The normalized spacial score (nSPS) is 11.9. The van der Waals surface area contributed by atoms with Gasteiger partial charge in [-0.2, -0.15) is 13.2 Å². The zero-order chi connectivity index (χ0) is 14.0. The van der Waals surface area contributed by atoms with Gasteiger partial charge in [0.25, 0.3) is 0 Å². The molecule has 2 aromatic rings. The van der Waals surface area contributed by atoms with Crippen molar-refractivity contribution in [1.82, 2.24) is 15.0 Å². The molecule has 8 heteroatoms. The Bertz CT molecular complexity index is 565. The molecule has 0 saturated heterocycles. The Hall–Kier alpha value is -1.70. The summed E-state index contributed by atoms with van der Waals surface area (Å²) in [4.78, 5) is 11.4. The van der Waals surface area contributed by atoms with Crippen LogP contribution in [-0.2, 0) is 6.18 Å². The van der Waals surface area contributed by atoms with Crippen molar-refractivity contribution < 1.29 is 13.2 Å². The van der Waals surface area contributed by atoms with Gasteiger partial charge < -0.3 is 5.32 Å². The summed E-state index contributed by atoms with van der Waals surface area (Å²) in [5.41, 5.74) is -0.106. The van der Waals surface area contributed by atoms with E-state index in [4.69, 9.17) is 0 Å². The van der Waals surface area contributed by atoms with Crippen LogP contribution < -0.4 is 5.32 Å². The minimum Gasteiger partial charge on any atom is -0.300 e. The summed E-state index contributed by atoms with van der Waals surface area (Å²) in [5, 5.41) is 5.00. The van der Waals surface area contributed by atoms with Crippen LogP contribution in [0.5, 0.6) is 0 Å². The molecule has 0 amide bonds. The van der Waals surface area contributed by atoms with E-state index in [9.17, 15) is 13.2 Å². The Labute approximate surface area is 111 Å². The lowest BCUT2D eigenvalue weighted by Gasteiger charge is -2.06. The van der Waals surface area contributed by atoms with E-state index in [1.54, 1.807) is 0 Å². The van der Waals surface area contributed by atoms with Gasteiger partial charge in [-0.1, -0.05) is 13.8 Å². The monoisotopic (exact) mass is 288 g/mol. The van der Waals surface area contributed by atoms with Crippen molar-refractivity contribution in [2.45, 2.75) is 25.9 Å². The van der Waals surface area contributed by atoms with Gasteiger partial charge in [0.05, 0.1) is 5.69 Å². The highest BCUT2D eigenvalue weighted by atomic mass is 32.1. The van der Waals surface area contributed by atoms with Crippen molar-refractivity contribution in [1.29, 1.82) is 0 Å². The lowest BCUT2D eigenvalue weighted by molar-refractivity contribution is -0.141. The van der Waals surface area contributed by atoms with Crippen molar-refractivity contribution in [3.05, 3.63) is 29.0 Å². The molecule has 4 nitrogen and oxygen atoms in total. The SMILES string of the molecule is CC(C)c1csc(Nc2nccc(C(F)(F)F)n2)n1. The molecule has 102 valence electrons. The fraction of sp³-hybridized carbons (Fsp3) is 0.364. The highest BCUT2D eigenvalue weighted by molar-refractivity contribution is 7.13. The predicted octanol–water partition coefficient (Wildman–Crippen LogP) is 3.82. The molecule has 2 rings (SSSR count). The molecule has 1 N–H and O–H groups in total. The number of halogens is 3. The van der Waals surface area contributed by atoms with Crippen LogP contribution >= 0.6 is 11.3 Å². The Balaban J connectivity index is 2.19. The number of hydrogen-bond acceptors (Lipinski definition) is 5. The fourth-order valence-electron chi connectivity index (χ4n) is 1.28. The van der Waals surface area contributed by atoms with E-state index < -0.39 is 11.9 Å². The maximum absolute atomic E-state index is 12.5. The van der Waals surface area contributed by atoms with E-state index in [-0.39, 0.29) is 11.9 Å². The third-order valence-corrected chi connectivity index (χ3v) is 3.05. The van der Waals surface area contributed by atoms with E-state index in [1.165, 1.54) is 11.3 Å². The Morgan fingerprint density at radius 2 is 2.00 bits per heavy atom. The van der Waals surface area contributed by atoms with E-state index in [1.807, 2.05) is 19.2 Å². The van der Waals surface area contributed by atoms with Crippen molar-refractivity contribution in [3.63, 3.8) is 0 Å². The smallest absolute Gasteiger partial charge is 0.300 e. The molecule has 2 heterocycles. The van der Waals surface area contributed by atoms with Gasteiger partial charge in [-0.3, -0.25) is 0 Å². The molecule has 0 bridgehead atoms. The molecule has 2 aromatic heterocycles. The molecule has 0 atom stereocenters. The summed E-state index contributed by atoms with van der Waals surface area (Å²) < 4.78 is 37.5. The predicted molar refractivity (Wildman–Crippen MR) is 66.5 cm³/mol. The number of anilines is 2. The first-order valence-corrected chi connectivity index (χ1v) is 6.37. The summed E-state index contributed by atoms with van der Waals surface area (Å²) in [5.74, 6) is 0.147. The van der Waals surface area contributed by atoms with E-state index in [0.29, 0.717) is 5.13 Å². The Morgan fingerprint density at radius 3 is 2.58 bits per heavy atom. The molecular weight excluding hydrogens is 277 g/mol. The summed E-state index contributed by atoms with van der Waals surface area (Å²) in [6.45, 7) is 3.97. The highest BCUT2D eigenvalue weighted by Crippen LogP contribution is 2.28. The fourth-order valence-corrected chi connectivity index (χ4v) is 2.15. The summed E-state index contributed by atoms with van der Waals surface area (Å²) in [6.07, 6.45) is -3.42. The lowest BCUT2D eigenvalue weighted by Crippen LogP contribution is -2.10. The first kappa shape index (κ1) is 13.7. The molecule has 0 radical (unpaired) electrons. The number of thiazole rings is 1. The van der Waals surface area contributed by atoms with Crippen LogP contribution in [0.3, 0.4) is 0 Å². The first-order valence-electron chi connectivity index (χ1n) is 5.49. The van der Waals surface area contributed by atoms with E-state index in [2.05, 4.69) is 20.3 Å². The number of rotatable bonds is 3. The van der Waals surface area contributed by atoms with Gasteiger partial charge in [0, 0.05) is 11.6 Å². The minimum absolute atomic E-state index is 0.112. The highest BCUT2D eigenvalue weighted by Gasteiger charge is 2.32. The maximum Gasteiger partial charge on any atom is 0.433 e. The second-order valence-corrected chi connectivity index (χ2v) is 4.98.